The normalized spacial score (nSPS) is 15.8. The lowest BCUT2D eigenvalue weighted by Crippen LogP contribution is -2.43. The van der Waals surface area contributed by atoms with E-state index in [0.717, 1.165) is 6.08 Å². The molecule has 0 saturated heterocycles. The molecule has 0 fully saturated rings. The Balaban J connectivity index is 2.95. The van der Waals surface area contributed by atoms with Gasteiger partial charge in [0.15, 0.2) is 5.60 Å². The van der Waals surface area contributed by atoms with Crippen molar-refractivity contribution in [3.8, 4) is 0 Å². The Morgan fingerprint density at radius 3 is 2.24 bits per heavy atom. The highest BCUT2D eigenvalue weighted by molar-refractivity contribution is 5.56. The van der Waals surface area contributed by atoms with E-state index in [1.54, 1.807) is 30.3 Å². The van der Waals surface area contributed by atoms with Gasteiger partial charge in [0.2, 0.25) is 0 Å². The zero-order valence-electron chi connectivity index (χ0n) is 8.82. The van der Waals surface area contributed by atoms with Crippen LogP contribution >= 0.6 is 0 Å². The van der Waals surface area contributed by atoms with Gasteiger partial charge in [0.05, 0.1) is 0 Å². The SMILES string of the molecule is O=CC[C@@](O)(/C=C/c1ccccc1)C(F)(F)F. The fraction of sp³-hybridized carbons (Fsp3) is 0.250. The van der Waals surface area contributed by atoms with Gasteiger partial charge < -0.3 is 9.90 Å². The predicted molar refractivity (Wildman–Crippen MR) is 57.2 cm³/mol. The van der Waals surface area contributed by atoms with Crippen LogP contribution in [0.25, 0.3) is 6.08 Å². The van der Waals surface area contributed by atoms with Crippen LogP contribution in [0.5, 0.6) is 0 Å². The van der Waals surface area contributed by atoms with Crippen LogP contribution in [0.1, 0.15) is 12.0 Å². The Hall–Kier alpha value is -1.62. The average Bonchev–Trinajstić information content (AvgIpc) is 2.27. The first-order valence-electron chi connectivity index (χ1n) is 4.86. The van der Waals surface area contributed by atoms with Crippen molar-refractivity contribution in [3.05, 3.63) is 42.0 Å². The largest absolute Gasteiger partial charge is 0.421 e. The second kappa shape index (κ2) is 5.14. The summed E-state index contributed by atoms with van der Waals surface area (Å²) in [7, 11) is 0. The summed E-state index contributed by atoms with van der Waals surface area (Å²) in [4.78, 5) is 10.2. The van der Waals surface area contributed by atoms with E-state index in [9.17, 15) is 23.1 Å². The summed E-state index contributed by atoms with van der Waals surface area (Å²) in [5, 5.41) is 9.37. The molecule has 0 heterocycles. The van der Waals surface area contributed by atoms with Gasteiger partial charge in [0.25, 0.3) is 0 Å². The van der Waals surface area contributed by atoms with E-state index in [4.69, 9.17) is 0 Å². The van der Waals surface area contributed by atoms with Gasteiger partial charge >= 0.3 is 6.18 Å². The van der Waals surface area contributed by atoms with Crippen molar-refractivity contribution >= 4 is 12.4 Å². The van der Waals surface area contributed by atoms with Gasteiger partial charge in [-0.15, -0.1) is 0 Å². The molecule has 0 saturated carbocycles. The molecule has 1 atom stereocenters. The summed E-state index contributed by atoms with van der Waals surface area (Å²) in [6.45, 7) is 0. The van der Waals surface area contributed by atoms with Crippen LogP contribution < -0.4 is 0 Å². The summed E-state index contributed by atoms with van der Waals surface area (Å²) in [5.41, 5.74) is -2.59. The number of halogens is 3. The fourth-order valence-electron chi connectivity index (χ4n) is 1.20. The van der Waals surface area contributed by atoms with Crippen molar-refractivity contribution in [2.45, 2.75) is 18.2 Å². The van der Waals surface area contributed by atoms with Crippen LogP contribution in [0.4, 0.5) is 13.2 Å². The van der Waals surface area contributed by atoms with Gasteiger partial charge in [-0.2, -0.15) is 13.2 Å². The monoisotopic (exact) mass is 244 g/mol. The topological polar surface area (TPSA) is 37.3 Å². The first kappa shape index (κ1) is 13.4. The molecule has 0 aliphatic heterocycles. The number of rotatable bonds is 4. The molecule has 2 nitrogen and oxygen atoms in total. The van der Waals surface area contributed by atoms with E-state index in [2.05, 4.69) is 0 Å². The minimum absolute atomic E-state index is 0.0445. The van der Waals surface area contributed by atoms with Crippen LogP contribution in [0.2, 0.25) is 0 Å². The molecule has 0 aliphatic rings. The smallest absolute Gasteiger partial charge is 0.376 e. The first-order chi connectivity index (χ1) is 7.89. The summed E-state index contributed by atoms with van der Waals surface area (Å²) in [6.07, 6.45) is -4.12. The number of hydrogen-bond acceptors (Lipinski definition) is 2. The maximum atomic E-state index is 12.5. The molecule has 0 unspecified atom stereocenters. The molecule has 0 radical (unpaired) electrons. The maximum absolute atomic E-state index is 12.5. The molecule has 1 aromatic carbocycles. The number of carbonyl (C=O) groups is 1. The molecule has 0 spiro atoms. The minimum atomic E-state index is -4.88. The number of aldehydes is 1. The van der Waals surface area contributed by atoms with E-state index in [-0.39, 0.29) is 6.29 Å². The Kier molecular flexibility index (Phi) is 4.07. The van der Waals surface area contributed by atoms with Gasteiger partial charge in [-0.1, -0.05) is 36.4 Å². The Labute approximate surface area is 96.4 Å². The van der Waals surface area contributed by atoms with Crippen LogP contribution in [0, 0.1) is 0 Å². The van der Waals surface area contributed by atoms with Gasteiger partial charge in [-0.05, 0) is 11.6 Å². The molecule has 1 rings (SSSR count). The highest BCUT2D eigenvalue weighted by Crippen LogP contribution is 2.34. The van der Waals surface area contributed by atoms with E-state index < -0.39 is 18.2 Å². The molecule has 5 heteroatoms. The molecule has 1 aromatic rings. The zero-order chi connectivity index (χ0) is 12.9. The number of aliphatic hydroxyl groups is 1. The number of carbonyl (C=O) groups excluding carboxylic acids is 1. The number of benzene rings is 1. The first-order valence-corrected chi connectivity index (χ1v) is 4.86. The molecule has 0 bridgehead atoms. The predicted octanol–water partition coefficient (Wildman–Crippen LogP) is 2.58. The molecule has 0 aliphatic carbocycles. The third kappa shape index (κ3) is 3.42. The Bertz CT molecular complexity index is 398. The highest BCUT2D eigenvalue weighted by atomic mass is 19.4. The van der Waals surface area contributed by atoms with Crippen LogP contribution in [-0.4, -0.2) is 23.2 Å². The molecule has 0 aromatic heterocycles. The van der Waals surface area contributed by atoms with Crippen molar-refractivity contribution in [3.63, 3.8) is 0 Å². The minimum Gasteiger partial charge on any atom is -0.376 e. The van der Waals surface area contributed by atoms with E-state index in [0.29, 0.717) is 11.6 Å². The summed E-state index contributed by atoms with van der Waals surface area (Å²) in [6, 6.07) is 8.22. The second-order valence-electron chi connectivity index (χ2n) is 3.54. The van der Waals surface area contributed by atoms with Crippen molar-refractivity contribution in [1.29, 1.82) is 0 Å². The lowest BCUT2D eigenvalue weighted by molar-refractivity contribution is -0.239. The van der Waals surface area contributed by atoms with Crippen molar-refractivity contribution < 1.29 is 23.1 Å². The standard InChI is InChI=1S/C12H11F3O2/c13-12(14,15)11(17,8-9-16)7-6-10-4-2-1-3-5-10/h1-7,9,17H,8H2/b7-6+/t11-/m0/s1. The lowest BCUT2D eigenvalue weighted by atomic mass is 9.98. The van der Waals surface area contributed by atoms with Gasteiger partial charge in [-0.3, -0.25) is 0 Å². The lowest BCUT2D eigenvalue weighted by Gasteiger charge is -2.25. The zero-order valence-corrected chi connectivity index (χ0v) is 8.82. The van der Waals surface area contributed by atoms with Gasteiger partial charge in [0, 0.05) is 6.42 Å². The third-order valence-electron chi connectivity index (χ3n) is 2.24. The number of hydrogen-bond donors (Lipinski definition) is 1. The third-order valence-corrected chi connectivity index (χ3v) is 2.24. The van der Waals surface area contributed by atoms with Crippen LogP contribution in [0.3, 0.4) is 0 Å². The summed E-state index contributed by atoms with van der Waals surface area (Å²) < 4.78 is 37.6. The Morgan fingerprint density at radius 2 is 1.76 bits per heavy atom. The molecular weight excluding hydrogens is 233 g/mol. The van der Waals surface area contributed by atoms with Crippen molar-refractivity contribution in [2.75, 3.05) is 0 Å². The fourth-order valence-corrected chi connectivity index (χ4v) is 1.20. The second-order valence-corrected chi connectivity index (χ2v) is 3.54. The van der Waals surface area contributed by atoms with Gasteiger partial charge in [-0.25, -0.2) is 0 Å². The molecule has 92 valence electrons. The van der Waals surface area contributed by atoms with Crippen LogP contribution in [0.15, 0.2) is 36.4 Å². The van der Waals surface area contributed by atoms with Gasteiger partial charge in [0.1, 0.15) is 6.29 Å². The molecule has 0 amide bonds. The van der Waals surface area contributed by atoms with E-state index >= 15 is 0 Å². The highest BCUT2D eigenvalue weighted by Gasteiger charge is 2.51. The Morgan fingerprint density at radius 1 is 1.18 bits per heavy atom. The molecule has 17 heavy (non-hydrogen) atoms. The quantitative estimate of drug-likeness (QED) is 0.826. The van der Waals surface area contributed by atoms with E-state index in [1.165, 1.54) is 0 Å². The van der Waals surface area contributed by atoms with Crippen molar-refractivity contribution in [2.24, 2.45) is 0 Å². The van der Waals surface area contributed by atoms with Crippen molar-refractivity contribution in [1.82, 2.24) is 0 Å². The maximum Gasteiger partial charge on any atom is 0.421 e. The molecule has 1 N–H and O–H groups in total. The van der Waals surface area contributed by atoms with Crippen LogP contribution in [-0.2, 0) is 4.79 Å². The number of alkyl halides is 3. The average molecular weight is 244 g/mol. The van der Waals surface area contributed by atoms with E-state index in [1.807, 2.05) is 0 Å². The summed E-state index contributed by atoms with van der Waals surface area (Å²) in [5.74, 6) is 0. The summed E-state index contributed by atoms with van der Waals surface area (Å²) >= 11 is 0. The molecular formula is C12H11F3O2.